The molecule has 0 aromatic heterocycles. The van der Waals surface area contributed by atoms with Crippen LogP contribution in [0.15, 0.2) is 0 Å². The van der Waals surface area contributed by atoms with Crippen LogP contribution in [0.4, 0.5) is 4.79 Å². The quantitative estimate of drug-likeness (QED) is 0.627. The zero-order chi connectivity index (χ0) is 9.14. The van der Waals surface area contributed by atoms with E-state index in [1.165, 1.54) is 12.8 Å². The van der Waals surface area contributed by atoms with E-state index in [1.54, 1.807) is 19.0 Å². The predicted octanol–water partition coefficient (Wildman–Crippen LogP) is -0.00510. The standard InChI is InChI=1S/C8H17N3O/c1-10-8(12)11(2)7(5-9)6-3-4-6/h6-7H,3-5,9H2,1-2H3,(H,10,12). The number of carbonyl (C=O) groups excluding carboxylic acids is 1. The number of carbonyl (C=O) groups is 1. The Balaban J connectivity index is 2.46. The minimum atomic E-state index is -0.0441. The first kappa shape index (κ1) is 9.32. The average Bonchev–Trinajstić information content (AvgIpc) is 2.88. The van der Waals surface area contributed by atoms with Crippen molar-refractivity contribution in [2.45, 2.75) is 18.9 Å². The first-order chi connectivity index (χ1) is 5.70. The van der Waals surface area contributed by atoms with Gasteiger partial charge in [0.1, 0.15) is 0 Å². The van der Waals surface area contributed by atoms with Gasteiger partial charge in [0, 0.05) is 26.7 Å². The van der Waals surface area contributed by atoms with Crippen LogP contribution < -0.4 is 11.1 Å². The first-order valence-electron chi connectivity index (χ1n) is 4.35. The molecule has 1 atom stereocenters. The molecule has 1 aliphatic rings. The SMILES string of the molecule is CNC(=O)N(C)C(CN)C1CC1. The number of hydrogen-bond acceptors (Lipinski definition) is 2. The Morgan fingerprint density at radius 3 is 2.67 bits per heavy atom. The van der Waals surface area contributed by atoms with Crippen LogP contribution in [-0.2, 0) is 0 Å². The van der Waals surface area contributed by atoms with Gasteiger partial charge in [-0.1, -0.05) is 0 Å². The summed E-state index contributed by atoms with van der Waals surface area (Å²) in [7, 11) is 3.44. The van der Waals surface area contributed by atoms with Gasteiger partial charge in [-0.15, -0.1) is 0 Å². The molecule has 1 unspecified atom stereocenters. The van der Waals surface area contributed by atoms with Crippen LogP contribution in [-0.4, -0.2) is 37.6 Å². The molecule has 4 nitrogen and oxygen atoms in total. The van der Waals surface area contributed by atoms with Crippen LogP contribution in [0.2, 0.25) is 0 Å². The number of nitrogens with one attached hydrogen (secondary N) is 1. The van der Waals surface area contributed by atoms with Crippen LogP contribution in [0.3, 0.4) is 0 Å². The summed E-state index contributed by atoms with van der Waals surface area (Å²) in [6.45, 7) is 0.564. The summed E-state index contributed by atoms with van der Waals surface area (Å²) in [5, 5.41) is 2.59. The molecule has 1 aliphatic carbocycles. The van der Waals surface area contributed by atoms with E-state index in [0.29, 0.717) is 12.5 Å². The molecule has 1 saturated carbocycles. The van der Waals surface area contributed by atoms with Gasteiger partial charge < -0.3 is 16.0 Å². The summed E-state index contributed by atoms with van der Waals surface area (Å²) in [4.78, 5) is 12.9. The summed E-state index contributed by atoms with van der Waals surface area (Å²) >= 11 is 0. The predicted molar refractivity (Wildman–Crippen MR) is 47.8 cm³/mol. The maximum Gasteiger partial charge on any atom is 0.317 e. The van der Waals surface area contributed by atoms with Crippen molar-refractivity contribution < 1.29 is 4.79 Å². The monoisotopic (exact) mass is 171 g/mol. The number of urea groups is 1. The van der Waals surface area contributed by atoms with Crippen molar-refractivity contribution >= 4 is 6.03 Å². The topological polar surface area (TPSA) is 58.4 Å². The van der Waals surface area contributed by atoms with Crippen molar-refractivity contribution in [2.75, 3.05) is 20.6 Å². The second kappa shape index (κ2) is 3.76. The molecule has 0 aromatic carbocycles. The lowest BCUT2D eigenvalue weighted by molar-refractivity contribution is 0.187. The van der Waals surface area contributed by atoms with E-state index in [4.69, 9.17) is 5.73 Å². The molecular formula is C8H17N3O. The van der Waals surface area contributed by atoms with Gasteiger partial charge in [0.25, 0.3) is 0 Å². The molecule has 0 spiro atoms. The zero-order valence-electron chi connectivity index (χ0n) is 7.71. The maximum atomic E-state index is 11.2. The van der Waals surface area contributed by atoms with Crippen molar-refractivity contribution in [3.05, 3.63) is 0 Å². The van der Waals surface area contributed by atoms with E-state index in [1.807, 2.05) is 0 Å². The number of amides is 2. The lowest BCUT2D eigenvalue weighted by Gasteiger charge is -2.26. The number of nitrogens with two attached hydrogens (primary N) is 1. The molecule has 0 bridgehead atoms. The van der Waals surface area contributed by atoms with Gasteiger partial charge in [-0.25, -0.2) is 4.79 Å². The normalized spacial score (nSPS) is 18.6. The number of nitrogens with zero attached hydrogens (tertiary/aromatic N) is 1. The minimum Gasteiger partial charge on any atom is -0.341 e. The third-order valence-electron chi connectivity index (χ3n) is 2.44. The van der Waals surface area contributed by atoms with Crippen molar-refractivity contribution in [1.29, 1.82) is 0 Å². The van der Waals surface area contributed by atoms with Crippen LogP contribution in [0.1, 0.15) is 12.8 Å². The lowest BCUT2D eigenvalue weighted by atomic mass is 10.2. The van der Waals surface area contributed by atoms with E-state index in [-0.39, 0.29) is 12.1 Å². The van der Waals surface area contributed by atoms with Crippen molar-refractivity contribution in [1.82, 2.24) is 10.2 Å². The summed E-state index contributed by atoms with van der Waals surface area (Å²) in [6.07, 6.45) is 2.42. The third kappa shape index (κ3) is 1.88. The highest BCUT2D eigenvalue weighted by molar-refractivity contribution is 5.73. The highest BCUT2D eigenvalue weighted by Crippen LogP contribution is 2.34. The van der Waals surface area contributed by atoms with Gasteiger partial charge in [0.05, 0.1) is 0 Å². The molecule has 2 amide bonds. The molecule has 0 aromatic rings. The molecule has 0 aliphatic heterocycles. The molecule has 4 heteroatoms. The molecule has 12 heavy (non-hydrogen) atoms. The second-order valence-corrected chi connectivity index (χ2v) is 3.31. The Bertz CT molecular complexity index is 168. The number of hydrogen-bond donors (Lipinski definition) is 2. The van der Waals surface area contributed by atoms with Gasteiger partial charge in [-0.05, 0) is 18.8 Å². The summed E-state index contributed by atoms with van der Waals surface area (Å²) in [6, 6.07) is 0.183. The van der Waals surface area contributed by atoms with Crippen molar-refractivity contribution in [2.24, 2.45) is 11.7 Å². The Hall–Kier alpha value is -0.770. The maximum absolute atomic E-state index is 11.2. The molecule has 3 N–H and O–H groups in total. The van der Waals surface area contributed by atoms with Crippen molar-refractivity contribution in [3.8, 4) is 0 Å². The largest absolute Gasteiger partial charge is 0.341 e. The Morgan fingerprint density at radius 1 is 1.75 bits per heavy atom. The molecule has 0 radical (unpaired) electrons. The third-order valence-corrected chi connectivity index (χ3v) is 2.44. The van der Waals surface area contributed by atoms with Crippen LogP contribution in [0.25, 0.3) is 0 Å². The summed E-state index contributed by atoms with van der Waals surface area (Å²) in [5.41, 5.74) is 5.59. The van der Waals surface area contributed by atoms with Crippen LogP contribution in [0.5, 0.6) is 0 Å². The Morgan fingerprint density at radius 2 is 2.33 bits per heavy atom. The van der Waals surface area contributed by atoms with Crippen LogP contribution >= 0.6 is 0 Å². The van der Waals surface area contributed by atoms with Crippen LogP contribution in [0, 0.1) is 5.92 Å². The van der Waals surface area contributed by atoms with Gasteiger partial charge in [-0.3, -0.25) is 0 Å². The average molecular weight is 171 g/mol. The number of likely N-dealkylation sites (N-methyl/N-ethyl adjacent to an activating group) is 1. The molecule has 0 heterocycles. The molecule has 1 fully saturated rings. The zero-order valence-corrected chi connectivity index (χ0v) is 7.71. The second-order valence-electron chi connectivity index (χ2n) is 3.31. The molecule has 1 rings (SSSR count). The first-order valence-corrected chi connectivity index (χ1v) is 4.35. The number of rotatable bonds is 3. The summed E-state index contributed by atoms with van der Waals surface area (Å²) < 4.78 is 0. The van der Waals surface area contributed by atoms with Crippen molar-refractivity contribution in [3.63, 3.8) is 0 Å². The molecule has 70 valence electrons. The fourth-order valence-corrected chi connectivity index (χ4v) is 1.47. The Kier molecular flexibility index (Phi) is 2.92. The summed E-state index contributed by atoms with van der Waals surface area (Å²) in [5.74, 6) is 0.636. The highest BCUT2D eigenvalue weighted by atomic mass is 16.2. The van der Waals surface area contributed by atoms with E-state index in [2.05, 4.69) is 5.32 Å². The van der Waals surface area contributed by atoms with Gasteiger partial charge in [0.2, 0.25) is 0 Å². The van der Waals surface area contributed by atoms with E-state index in [0.717, 1.165) is 0 Å². The van der Waals surface area contributed by atoms with E-state index in [9.17, 15) is 4.79 Å². The fourth-order valence-electron chi connectivity index (χ4n) is 1.47. The van der Waals surface area contributed by atoms with E-state index >= 15 is 0 Å². The van der Waals surface area contributed by atoms with Gasteiger partial charge in [-0.2, -0.15) is 0 Å². The molecule has 0 saturated heterocycles. The van der Waals surface area contributed by atoms with Gasteiger partial charge >= 0.3 is 6.03 Å². The lowest BCUT2D eigenvalue weighted by Crippen LogP contribution is -2.46. The highest BCUT2D eigenvalue weighted by Gasteiger charge is 2.34. The Labute approximate surface area is 73.1 Å². The fraction of sp³-hybridized carbons (Fsp3) is 0.875. The smallest absolute Gasteiger partial charge is 0.317 e. The van der Waals surface area contributed by atoms with Gasteiger partial charge in [0.15, 0.2) is 0 Å². The van der Waals surface area contributed by atoms with E-state index < -0.39 is 0 Å². The minimum absolute atomic E-state index is 0.0441. The molecular weight excluding hydrogens is 154 g/mol.